The second-order valence-corrected chi connectivity index (χ2v) is 3.51. The minimum Gasteiger partial charge on any atom is -0.497 e. The zero-order valence-electron chi connectivity index (χ0n) is 9.93. The van der Waals surface area contributed by atoms with Crippen molar-refractivity contribution in [1.82, 2.24) is 5.43 Å². The van der Waals surface area contributed by atoms with Gasteiger partial charge in [0.15, 0.2) is 0 Å². The molecule has 0 aliphatic carbocycles. The van der Waals surface area contributed by atoms with Crippen LogP contribution < -0.4 is 10.2 Å². The summed E-state index contributed by atoms with van der Waals surface area (Å²) in [4.78, 5) is 10.4. The van der Waals surface area contributed by atoms with Crippen LogP contribution in [0, 0.1) is 0 Å². The molecule has 5 nitrogen and oxygen atoms in total. The SMILES string of the molecule is COc1ccc(CCN/N=C(\C)C(=O)O)cc1. The molecule has 0 spiro atoms. The van der Waals surface area contributed by atoms with Gasteiger partial charge in [0.05, 0.1) is 7.11 Å². The van der Waals surface area contributed by atoms with Gasteiger partial charge in [0, 0.05) is 6.54 Å². The zero-order valence-corrected chi connectivity index (χ0v) is 9.93. The van der Waals surface area contributed by atoms with Crippen LogP contribution >= 0.6 is 0 Å². The maximum atomic E-state index is 10.4. The van der Waals surface area contributed by atoms with Crippen molar-refractivity contribution in [3.05, 3.63) is 29.8 Å². The first-order chi connectivity index (χ1) is 8.13. The summed E-state index contributed by atoms with van der Waals surface area (Å²) >= 11 is 0. The molecule has 1 aromatic carbocycles. The second-order valence-electron chi connectivity index (χ2n) is 3.51. The van der Waals surface area contributed by atoms with Gasteiger partial charge in [-0.05, 0) is 31.0 Å². The zero-order chi connectivity index (χ0) is 12.7. The number of methoxy groups -OCH3 is 1. The minimum atomic E-state index is -1.01. The summed E-state index contributed by atoms with van der Waals surface area (Å²) < 4.78 is 5.05. The van der Waals surface area contributed by atoms with Crippen molar-refractivity contribution in [2.75, 3.05) is 13.7 Å². The number of aliphatic carboxylic acids is 1. The van der Waals surface area contributed by atoms with Crippen molar-refractivity contribution in [2.45, 2.75) is 13.3 Å². The number of hydrazone groups is 1. The third-order valence-electron chi connectivity index (χ3n) is 2.24. The maximum absolute atomic E-state index is 10.4. The number of carboxylic acids is 1. The molecule has 0 radical (unpaired) electrons. The van der Waals surface area contributed by atoms with Crippen LogP contribution in [-0.4, -0.2) is 30.4 Å². The molecule has 0 bridgehead atoms. The molecule has 0 atom stereocenters. The Morgan fingerprint density at radius 2 is 2.06 bits per heavy atom. The van der Waals surface area contributed by atoms with Crippen LogP contribution in [0.3, 0.4) is 0 Å². The third kappa shape index (κ3) is 4.55. The summed E-state index contributed by atoms with van der Waals surface area (Å²) in [5.41, 5.74) is 3.92. The van der Waals surface area contributed by atoms with Crippen LogP contribution in [0.1, 0.15) is 12.5 Å². The molecule has 0 amide bonds. The van der Waals surface area contributed by atoms with Gasteiger partial charge in [-0.2, -0.15) is 5.10 Å². The first-order valence-electron chi connectivity index (χ1n) is 5.27. The predicted octanol–water partition coefficient (Wildman–Crippen LogP) is 1.29. The lowest BCUT2D eigenvalue weighted by atomic mass is 10.1. The lowest BCUT2D eigenvalue weighted by Gasteiger charge is -2.03. The molecule has 1 aromatic rings. The number of benzene rings is 1. The van der Waals surface area contributed by atoms with Crippen molar-refractivity contribution in [1.29, 1.82) is 0 Å². The van der Waals surface area contributed by atoms with Gasteiger partial charge in [0.1, 0.15) is 11.5 Å². The highest BCUT2D eigenvalue weighted by molar-refractivity contribution is 6.34. The normalized spacial score (nSPS) is 11.1. The highest BCUT2D eigenvalue weighted by Gasteiger charge is 2.00. The van der Waals surface area contributed by atoms with Gasteiger partial charge in [-0.25, -0.2) is 4.79 Å². The number of hydrogen-bond donors (Lipinski definition) is 2. The number of carboxylic acid groups (broad SMARTS) is 1. The fourth-order valence-electron chi connectivity index (χ4n) is 1.21. The fraction of sp³-hybridized carbons (Fsp3) is 0.333. The molecule has 2 N–H and O–H groups in total. The number of nitrogens with zero attached hydrogens (tertiary/aromatic N) is 1. The lowest BCUT2D eigenvalue weighted by Crippen LogP contribution is -2.17. The van der Waals surface area contributed by atoms with E-state index in [9.17, 15) is 4.79 Å². The van der Waals surface area contributed by atoms with E-state index >= 15 is 0 Å². The van der Waals surface area contributed by atoms with Crippen molar-refractivity contribution < 1.29 is 14.6 Å². The molecule has 0 heterocycles. The summed E-state index contributed by atoms with van der Waals surface area (Å²) in [7, 11) is 1.62. The fourth-order valence-corrected chi connectivity index (χ4v) is 1.21. The highest BCUT2D eigenvalue weighted by atomic mass is 16.5. The largest absolute Gasteiger partial charge is 0.497 e. The molecule has 5 heteroatoms. The highest BCUT2D eigenvalue weighted by Crippen LogP contribution is 2.11. The van der Waals surface area contributed by atoms with Crippen LogP contribution in [-0.2, 0) is 11.2 Å². The van der Waals surface area contributed by atoms with Crippen LogP contribution in [0.15, 0.2) is 29.4 Å². The Bertz CT molecular complexity index is 399. The number of carbonyl (C=O) groups is 1. The van der Waals surface area contributed by atoms with Crippen LogP contribution in [0.25, 0.3) is 0 Å². The van der Waals surface area contributed by atoms with E-state index in [1.807, 2.05) is 24.3 Å². The molecular weight excluding hydrogens is 220 g/mol. The van der Waals surface area contributed by atoms with Crippen LogP contribution in [0.5, 0.6) is 5.75 Å². The summed E-state index contributed by atoms with van der Waals surface area (Å²) in [5, 5.41) is 12.3. The van der Waals surface area contributed by atoms with Crippen LogP contribution in [0.2, 0.25) is 0 Å². The second kappa shape index (κ2) is 6.52. The first-order valence-corrected chi connectivity index (χ1v) is 5.27. The number of hydrogen-bond acceptors (Lipinski definition) is 4. The average Bonchev–Trinajstić information content (AvgIpc) is 2.35. The Morgan fingerprint density at radius 1 is 1.41 bits per heavy atom. The summed E-state index contributed by atoms with van der Waals surface area (Å²) in [5.74, 6) is -0.191. The van der Waals surface area contributed by atoms with Crippen molar-refractivity contribution in [3.8, 4) is 5.75 Å². The molecule has 1 rings (SSSR count). The van der Waals surface area contributed by atoms with Gasteiger partial charge in [0.25, 0.3) is 0 Å². The van der Waals surface area contributed by atoms with E-state index in [-0.39, 0.29) is 5.71 Å². The summed E-state index contributed by atoms with van der Waals surface area (Å²) in [6, 6.07) is 7.71. The van der Waals surface area contributed by atoms with Crippen molar-refractivity contribution in [2.24, 2.45) is 5.10 Å². The monoisotopic (exact) mass is 236 g/mol. The Balaban J connectivity index is 2.36. The molecule has 0 fully saturated rings. The molecule has 92 valence electrons. The van der Waals surface area contributed by atoms with Gasteiger partial charge in [-0.1, -0.05) is 12.1 Å². The molecule has 0 saturated heterocycles. The molecule has 17 heavy (non-hydrogen) atoms. The Kier molecular flexibility index (Phi) is 5.00. The third-order valence-corrected chi connectivity index (χ3v) is 2.24. The molecule has 0 aliphatic heterocycles. The summed E-state index contributed by atoms with van der Waals surface area (Å²) in [6.07, 6.45) is 0.778. The van der Waals surface area contributed by atoms with Crippen molar-refractivity contribution >= 4 is 11.7 Å². The summed E-state index contributed by atoms with van der Waals surface area (Å²) in [6.45, 7) is 2.04. The first kappa shape index (κ1) is 13.0. The topological polar surface area (TPSA) is 70.9 Å². The molecule has 0 saturated carbocycles. The van der Waals surface area contributed by atoms with E-state index in [1.165, 1.54) is 6.92 Å². The van der Waals surface area contributed by atoms with Gasteiger partial charge in [-0.3, -0.25) is 0 Å². The van der Waals surface area contributed by atoms with E-state index in [2.05, 4.69) is 10.5 Å². The molecule has 0 unspecified atom stereocenters. The van der Waals surface area contributed by atoms with Crippen molar-refractivity contribution in [3.63, 3.8) is 0 Å². The Labute approximate surface area is 100 Å². The quantitative estimate of drug-likeness (QED) is 0.443. The Morgan fingerprint density at radius 3 is 2.59 bits per heavy atom. The Hall–Kier alpha value is -2.04. The van der Waals surface area contributed by atoms with E-state index in [1.54, 1.807) is 7.11 Å². The van der Waals surface area contributed by atoms with Gasteiger partial charge in [-0.15, -0.1) is 0 Å². The van der Waals surface area contributed by atoms with E-state index < -0.39 is 5.97 Å². The number of rotatable bonds is 6. The number of ether oxygens (including phenoxy) is 1. The molecular formula is C12H16N2O3. The predicted molar refractivity (Wildman–Crippen MR) is 65.4 cm³/mol. The van der Waals surface area contributed by atoms with E-state index in [4.69, 9.17) is 9.84 Å². The smallest absolute Gasteiger partial charge is 0.351 e. The van der Waals surface area contributed by atoms with Crippen LogP contribution in [0.4, 0.5) is 0 Å². The van der Waals surface area contributed by atoms with E-state index in [0.717, 1.165) is 17.7 Å². The van der Waals surface area contributed by atoms with E-state index in [0.29, 0.717) is 6.54 Å². The lowest BCUT2D eigenvalue weighted by molar-refractivity contribution is -0.129. The number of nitrogens with one attached hydrogen (secondary N) is 1. The van der Waals surface area contributed by atoms with Gasteiger partial charge in [0.2, 0.25) is 0 Å². The van der Waals surface area contributed by atoms with Gasteiger partial charge >= 0.3 is 5.97 Å². The van der Waals surface area contributed by atoms with Gasteiger partial charge < -0.3 is 15.3 Å². The minimum absolute atomic E-state index is 0.0553. The molecule has 0 aromatic heterocycles. The standard InChI is InChI=1S/C12H16N2O3/c1-9(12(15)16)14-13-8-7-10-3-5-11(17-2)6-4-10/h3-6,13H,7-8H2,1-2H3,(H,15,16)/b14-9+. The maximum Gasteiger partial charge on any atom is 0.351 e. The average molecular weight is 236 g/mol. The molecule has 0 aliphatic rings.